The summed E-state index contributed by atoms with van der Waals surface area (Å²) in [7, 11) is 0. The Bertz CT molecular complexity index is 1240. The van der Waals surface area contributed by atoms with E-state index in [0.29, 0.717) is 18.7 Å². The molecule has 0 aliphatic carbocycles. The molecular weight excluding hydrogens is 620 g/mol. The second-order valence-corrected chi connectivity index (χ2v) is 12.5. The maximum atomic E-state index is 13.8. The average Bonchev–Trinajstić information content (AvgIpc) is 2.90. The number of carbonyl (C=O) groups is 2. The molecule has 0 heterocycles. The van der Waals surface area contributed by atoms with Gasteiger partial charge in [-0.05, 0) is 68.7 Å². The number of nitrogens with zero attached hydrogens (tertiary/aromatic N) is 1. The monoisotopic (exact) mass is 656 g/mol. The molecule has 0 radical (unpaired) electrons. The highest BCUT2D eigenvalue weighted by atomic mass is 79.9. The van der Waals surface area contributed by atoms with Crippen LogP contribution in [0.5, 0.6) is 5.75 Å². The Labute approximate surface area is 249 Å². The van der Waals surface area contributed by atoms with Crippen molar-refractivity contribution in [3.8, 4) is 5.75 Å². The molecule has 0 saturated carbocycles. The molecule has 3 aromatic rings. The largest absolute Gasteiger partial charge is 0.483 e. The van der Waals surface area contributed by atoms with Crippen molar-refractivity contribution in [2.75, 3.05) is 13.2 Å². The van der Waals surface area contributed by atoms with E-state index in [9.17, 15) is 9.59 Å². The molecule has 1 N–H and O–H groups in total. The van der Waals surface area contributed by atoms with Crippen molar-refractivity contribution in [3.63, 3.8) is 0 Å². The molecule has 39 heavy (non-hydrogen) atoms. The first kappa shape index (κ1) is 30.9. The van der Waals surface area contributed by atoms with E-state index in [1.165, 1.54) is 0 Å². The fraction of sp³-hybridized carbons (Fsp3) is 0.375. The van der Waals surface area contributed by atoms with Gasteiger partial charge in [-0.2, -0.15) is 0 Å². The SMILES string of the molecule is CCCCNC(=O)[C@H](Cc1ccccc1)N(Cc1cccc(Br)c1)C(=O)COc1ccc(C(C)(C)C)cc1Br. The lowest BCUT2D eigenvalue weighted by atomic mass is 9.87. The Kier molecular flexibility index (Phi) is 11.6. The third kappa shape index (κ3) is 9.50. The number of halogens is 2. The first-order chi connectivity index (χ1) is 18.6. The minimum Gasteiger partial charge on any atom is -0.483 e. The molecule has 0 fully saturated rings. The van der Waals surface area contributed by atoms with Crippen LogP contribution in [0.4, 0.5) is 0 Å². The second kappa shape index (κ2) is 14.7. The maximum Gasteiger partial charge on any atom is 0.261 e. The molecule has 1 atom stereocenters. The smallest absolute Gasteiger partial charge is 0.261 e. The van der Waals surface area contributed by atoms with Crippen molar-refractivity contribution >= 4 is 43.7 Å². The molecule has 7 heteroatoms. The highest BCUT2D eigenvalue weighted by Crippen LogP contribution is 2.31. The van der Waals surface area contributed by atoms with Crippen molar-refractivity contribution in [1.29, 1.82) is 0 Å². The highest BCUT2D eigenvalue weighted by Gasteiger charge is 2.31. The van der Waals surface area contributed by atoms with Gasteiger partial charge in [0.2, 0.25) is 5.91 Å². The molecule has 5 nitrogen and oxygen atoms in total. The van der Waals surface area contributed by atoms with Gasteiger partial charge in [-0.3, -0.25) is 9.59 Å². The van der Waals surface area contributed by atoms with Gasteiger partial charge in [-0.1, -0.05) is 98.6 Å². The molecule has 3 rings (SSSR count). The minimum absolute atomic E-state index is 0.00652. The molecular formula is C32H38Br2N2O3. The Morgan fingerprint density at radius 2 is 1.67 bits per heavy atom. The summed E-state index contributed by atoms with van der Waals surface area (Å²) in [5.41, 5.74) is 3.07. The van der Waals surface area contributed by atoms with Gasteiger partial charge in [-0.15, -0.1) is 0 Å². The zero-order valence-electron chi connectivity index (χ0n) is 23.2. The fourth-order valence-corrected chi connectivity index (χ4v) is 5.14. The molecule has 0 aliphatic heterocycles. The van der Waals surface area contributed by atoms with Crippen LogP contribution in [-0.2, 0) is 28.0 Å². The number of nitrogens with one attached hydrogen (secondary N) is 1. The zero-order chi connectivity index (χ0) is 28.4. The van der Waals surface area contributed by atoms with E-state index in [4.69, 9.17) is 4.74 Å². The Balaban J connectivity index is 1.89. The molecule has 0 spiro atoms. The Morgan fingerprint density at radius 1 is 0.949 bits per heavy atom. The van der Waals surface area contributed by atoms with Crippen LogP contribution in [0.25, 0.3) is 0 Å². The predicted octanol–water partition coefficient (Wildman–Crippen LogP) is 7.44. The number of rotatable bonds is 12. The first-order valence-electron chi connectivity index (χ1n) is 13.4. The van der Waals surface area contributed by atoms with Crippen LogP contribution >= 0.6 is 31.9 Å². The molecule has 208 valence electrons. The summed E-state index contributed by atoms with van der Waals surface area (Å²) in [5, 5.41) is 3.05. The van der Waals surface area contributed by atoms with Gasteiger partial charge in [0.25, 0.3) is 5.91 Å². The zero-order valence-corrected chi connectivity index (χ0v) is 26.3. The Hall–Kier alpha value is -2.64. The van der Waals surface area contributed by atoms with Crippen LogP contribution in [0.1, 0.15) is 57.2 Å². The quantitative estimate of drug-likeness (QED) is 0.206. The van der Waals surface area contributed by atoms with Gasteiger partial charge in [0.15, 0.2) is 6.61 Å². The lowest BCUT2D eigenvalue weighted by Crippen LogP contribution is -2.51. The summed E-state index contributed by atoms with van der Waals surface area (Å²) in [6.07, 6.45) is 2.26. The van der Waals surface area contributed by atoms with Crippen LogP contribution in [0, 0.1) is 0 Å². The third-order valence-electron chi connectivity index (χ3n) is 6.49. The number of ether oxygens (including phenoxy) is 1. The average molecular weight is 658 g/mol. The van der Waals surface area contributed by atoms with Gasteiger partial charge in [0.1, 0.15) is 11.8 Å². The molecule has 0 aliphatic rings. The first-order valence-corrected chi connectivity index (χ1v) is 15.0. The van der Waals surface area contributed by atoms with E-state index in [-0.39, 0.29) is 30.4 Å². The molecule has 0 unspecified atom stereocenters. The predicted molar refractivity (Wildman–Crippen MR) is 165 cm³/mol. The van der Waals surface area contributed by atoms with E-state index < -0.39 is 6.04 Å². The summed E-state index contributed by atoms with van der Waals surface area (Å²) in [4.78, 5) is 29.0. The van der Waals surface area contributed by atoms with Crippen molar-refractivity contribution in [3.05, 3.63) is 98.4 Å². The summed E-state index contributed by atoms with van der Waals surface area (Å²) in [6, 6.07) is 22.9. The van der Waals surface area contributed by atoms with Crippen LogP contribution in [0.3, 0.4) is 0 Å². The number of unbranched alkanes of at least 4 members (excludes halogenated alkanes) is 1. The van der Waals surface area contributed by atoms with Crippen molar-refractivity contribution in [1.82, 2.24) is 10.2 Å². The lowest BCUT2D eigenvalue weighted by Gasteiger charge is -2.31. The topological polar surface area (TPSA) is 58.6 Å². The number of carbonyl (C=O) groups excluding carboxylic acids is 2. The summed E-state index contributed by atoms with van der Waals surface area (Å²) >= 11 is 7.13. The normalized spacial score (nSPS) is 12.1. The minimum atomic E-state index is -0.689. The number of amides is 2. The van der Waals surface area contributed by atoms with E-state index >= 15 is 0 Å². The lowest BCUT2D eigenvalue weighted by molar-refractivity contribution is -0.142. The van der Waals surface area contributed by atoms with E-state index in [2.05, 4.69) is 64.9 Å². The Morgan fingerprint density at radius 3 is 2.31 bits per heavy atom. The molecule has 3 aromatic carbocycles. The van der Waals surface area contributed by atoms with Crippen molar-refractivity contribution < 1.29 is 14.3 Å². The van der Waals surface area contributed by atoms with Gasteiger partial charge >= 0.3 is 0 Å². The summed E-state index contributed by atoms with van der Waals surface area (Å²) in [6.45, 7) is 9.20. The maximum absolute atomic E-state index is 13.8. The van der Waals surface area contributed by atoms with Crippen LogP contribution in [0.15, 0.2) is 81.7 Å². The molecule has 2 amide bonds. The number of hydrogen-bond acceptors (Lipinski definition) is 3. The number of benzene rings is 3. The van der Waals surface area contributed by atoms with E-state index in [1.807, 2.05) is 72.8 Å². The fourth-order valence-electron chi connectivity index (χ4n) is 4.20. The third-order valence-corrected chi connectivity index (χ3v) is 7.60. The van der Waals surface area contributed by atoms with Crippen molar-refractivity contribution in [2.45, 2.75) is 65.0 Å². The highest BCUT2D eigenvalue weighted by molar-refractivity contribution is 9.10. The summed E-state index contributed by atoms with van der Waals surface area (Å²) < 4.78 is 7.71. The van der Waals surface area contributed by atoms with E-state index in [1.54, 1.807) is 4.90 Å². The van der Waals surface area contributed by atoms with Gasteiger partial charge in [0.05, 0.1) is 4.47 Å². The van der Waals surface area contributed by atoms with Crippen LogP contribution in [-0.4, -0.2) is 35.9 Å². The molecule has 0 bridgehead atoms. The van der Waals surface area contributed by atoms with Gasteiger partial charge in [-0.25, -0.2) is 0 Å². The van der Waals surface area contributed by atoms with Crippen molar-refractivity contribution in [2.24, 2.45) is 0 Å². The molecule has 0 aromatic heterocycles. The second-order valence-electron chi connectivity index (χ2n) is 10.7. The van der Waals surface area contributed by atoms with E-state index in [0.717, 1.165) is 38.5 Å². The standard InChI is InChI=1S/C32H38Br2N2O3/c1-5-6-17-35-31(38)28(19-23-11-8-7-9-12-23)36(21-24-13-10-14-26(33)18-24)30(37)22-39-29-16-15-25(20-27(29)34)32(2,3)4/h7-16,18,20,28H,5-6,17,19,21-22H2,1-4H3,(H,35,38)/t28-/m0/s1. The van der Waals surface area contributed by atoms with Crippen LogP contribution < -0.4 is 10.1 Å². The number of hydrogen-bond donors (Lipinski definition) is 1. The molecule has 0 saturated heterocycles. The van der Waals surface area contributed by atoms with Crippen LogP contribution in [0.2, 0.25) is 0 Å². The van der Waals surface area contributed by atoms with Gasteiger partial charge in [0, 0.05) is 24.0 Å². The summed E-state index contributed by atoms with van der Waals surface area (Å²) in [5.74, 6) is 0.172. The van der Waals surface area contributed by atoms with Gasteiger partial charge < -0.3 is 15.0 Å².